The summed E-state index contributed by atoms with van der Waals surface area (Å²) < 4.78 is 110. The van der Waals surface area contributed by atoms with E-state index in [9.17, 15) is 71.7 Å². The van der Waals surface area contributed by atoms with E-state index >= 15 is 0 Å². The Morgan fingerprint density at radius 2 is 1.48 bits per heavy atom. The van der Waals surface area contributed by atoms with Crippen molar-refractivity contribution in [3.05, 3.63) is 0 Å². The number of carboxylic acid groups (broad SMARTS) is 1. The van der Waals surface area contributed by atoms with E-state index in [0.717, 1.165) is 7.11 Å². The van der Waals surface area contributed by atoms with Crippen LogP contribution in [-0.2, 0) is 66.9 Å². The number of nitrogens with one attached hydrogen (secondary N) is 1. The van der Waals surface area contributed by atoms with Crippen molar-refractivity contribution in [1.82, 2.24) is 4.72 Å². The molecule has 2 aliphatic heterocycles. The third-order valence-electron chi connectivity index (χ3n) is 6.82. The number of carbonyl (C=O) groups is 1. The maximum Gasteiger partial charge on any atom is 1.00 e. The first-order chi connectivity index (χ1) is 22.3. The molecule has 0 aromatic heterocycles. The van der Waals surface area contributed by atoms with Crippen LogP contribution in [0, 0.1) is 0 Å². The predicted molar refractivity (Wildman–Crippen MR) is 137 cm³/mol. The number of aliphatic carboxylic acids is 1. The number of ether oxygens (including phenoxy) is 5. The molecule has 6 unspecified atom stereocenters. The quantitative estimate of drug-likeness (QED) is 0.0114. The van der Waals surface area contributed by atoms with Gasteiger partial charge in [0, 0.05) is 7.11 Å². The number of methoxy groups -OCH3 is 1. The van der Waals surface area contributed by atoms with Gasteiger partial charge in [0.2, 0.25) is 10.4 Å². The van der Waals surface area contributed by atoms with Crippen LogP contribution in [0.1, 0.15) is 13.3 Å². The summed E-state index contributed by atoms with van der Waals surface area (Å²) in [5, 5.41) is 86.8. The Hall–Kier alpha value is 2.96. The molecule has 2 heterocycles. The van der Waals surface area contributed by atoms with Gasteiger partial charge in [-0.3, -0.25) is 13.4 Å². The van der Waals surface area contributed by atoms with Crippen molar-refractivity contribution in [3.8, 4) is 0 Å². The van der Waals surface area contributed by atoms with Gasteiger partial charge in [0.15, 0.2) is 41.3 Å². The molecule has 2 fully saturated rings. The molecule has 7 N–H and O–H groups in total. The second kappa shape index (κ2) is 27.7. The summed E-state index contributed by atoms with van der Waals surface area (Å²) in [6.45, 7) is -0.408. The molecule has 0 radical (unpaired) electrons. The Balaban J connectivity index is -0.00000600. The van der Waals surface area contributed by atoms with Crippen LogP contribution in [0.2, 0.25) is 0 Å². The molecule has 0 aromatic carbocycles. The molecular formula is C20H33NNa4O24S3. The average molecular weight is 860 g/mol. The third kappa shape index (κ3) is 18.5. The summed E-state index contributed by atoms with van der Waals surface area (Å²) in [6, 6.07) is -2.17. The monoisotopic (exact) mass is 859 g/mol. The number of aliphatic hydroxyl groups excluding tert-OH is 6. The Labute approximate surface area is 389 Å². The minimum atomic E-state index is -5.80. The van der Waals surface area contributed by atoms with Gasteiger partial charge in [0.25, 0.3) is 0 Å². The fraction of sp³-hybridized carbons (Fsp3) is 0.950. The first kappa shape index (κ1) is 59.3. The molecule has 0 bridgehead atoms. The first-order valence-electron chi connectivity index (χ1n) is 13.3. The second-order valence-corrected chi connectivity index (χ2v) is 12.6. The maximum atomic E-state index is 12.1. The minimum Gasteiger partial charge on any atom is -0.735 e. The van der Waals surface area contributed by atoms with E-state index in [1.165, 1.54) is 11.6 Å². The van der Waals surface area contributed by atoms with Crippen molar-refractivity contribution in [3.63, 3.8) is 0 Å². The number of aliphatic hydroxyl groups is 6. The molecule has 0 aliphatic carbocycles. The molecule has 0 spiro atoms. The van der Waals surface area contributed by atoms with Crippen molar-refractivity contribution < 1.29 is 231 Å². The third-order valence-corrected chi connectivity index (χ3v) is 8.18. The fourth-order valence-corrected chi connectivity index (χ4v) is 5.88. The predicted octanol–water partition coefficient (Wildman–Crippen LogP) is -20.7. The van der Waals surface area contributed by atoms with Gasteiger partial charge in [-0.25, -0.2) is 21.6 Å². The molecular weight excluding hydrogens is 826 g/mol. The van der Waals surface area contributed by atoms with E-state index in [0.29, 0.717) is 0 Å². The normalized spacial score (nSPS) is 31.7. The molecule has 25 nitrogen and oxygen atoms in total. The summed E-state index contributed by atoms with van der Waals surface area (Å²) >= 11 is -0.0459. The second-order valence-electron chi connectivity index (χ2n) is 9.98. The van der Waals surface area contributed by atoms with E-state index < -0.39 is 126 Å². The van der Waals surface area contributed by atoms with Gasteiger partial charge in [0.05, 0.1) is 25.3 Å². The SMILES string of the molecule is CCC(O)[C@@H](O)[C@@H](O)C(O)CO[C@@H]1OC(C(=O)[O-])[C@H](O[C@@H]2OC(COSOO[O-])[C@H](OC)[C@H](O)C2NS(=O)(=O)[O-])[C@H](O)C1OS(=O)(=O)[O-].[Na+].[Na+].[Na+].[Na+]. The maximum absolute atomic E-state index is 12.1. The van der Waals surface area contributed by atoms with E-state index in [-0.39, 0.29) is 137 Å². The number of hydrogen-bond donors (Lipinski definition) is 7. The molecule has 52 heavy (non-hydrogen) atoms. The standard InChI is InChI=1S/C20H37NO24S3.4Na/c1-3-6(22)10(24)11(25)7(23)4-38-20-16(43-48(34,35)36)13(27)15(17(42-20)18(28)29)41-19-9(21-47(31,32)33)12(26)14(37-2)8(40-19)5-39-46-45-44-30;;;;/h6-17,19-27,30H,3-5H2,1-2H3,(H,28,29)(H,31,32,33)(H,34,35,36);;;;/q;4*+1/p-4/t6?,7?,8?,9?,10-,11+,12-,13+,14+,15-,16?,17?,19+,20-;;;;/m1..../s1. The van der Waals surface area contributed by atoms with Gasteiger partial charge in [-0.05, 0) is 6.42 Å². The Morgan fingerprint density at radius 1 is 0.904 bits per heavy atom. The number of carboxylic acids is 1. The summed E-state index contributed by atoms with van der Waals surface area (Å²) in [4.78, 5) is 12.1. The number of rotatable bonds is 20. The van der Waals surface area contributed by atoms with E-state index in [1.807, 2.05) is 0 Å². The zero-order chi connectivity index (χ0) is 36.6. The van der Waals surface area contributed by atoms with Gasteiger partial charge in [0.1, 0.15) is 61.0 Å². The smallest absolute Gasteiger partial charge is 0.735 e. The van der Waals surface area contributed by atoms with Gasteiger partial charge in [-0.15, -0.1) is 4.33 Å². The molecule has 32 heteroatoms. The van der Waals surface area contributed by atoms with Gasteiger partial charge in [-0.1, -0.05) is 6.92 Å². The molecule has 2 saturated heterocycles. The summed E-state index contributed by atoms with van der Waals surface area (Å²) in [6.07, 6.45) is -27.8. The van der Waals surface area contributed by atoms with Crippen LogP contribution in [0.3, 0.4) is 0 Å². The zero-order valence-electron chi connectivity index (χ0n) is 28.5. The zero-order valence-corrected chi connectivity index (χ0v) is 38.9. The summed E-state index contributed by atoms with van der Waals surface area (Å²) in [5.74, 6) is -2.24. The van der Waals surface area contributed by atoms with Crippen LogP contribution >= 0.6 is 12.3 Å². The fourth-order valence-electron chi connectivity index (χ4n) is 4.56. The number of carbonyl (C=O) groups excluding carboxylic acids is 1. The van der Waals surface area contributed by atoms with E-state index in [1.54, 1.807) is 0 Å². The first-order valence-corrected chi connectivity index (χ1v) is 16.7. The van der Waals surface area contributed by atoms with Crippen molar-refractivity contribution in [1.29, 1.82) is 0 Å². The van der Waals surface area contributed by atoms with Gasteiger partial charge < -0.3 is 78.6 Å². The van der Waals surface area contributed by atoms with Crippen molar-refractivity contribution in [2.75, 3.05) is 20.3 Å². The van der Waals surface area contributed by atoms with Crippen LogP contribution in [0.25, 0.3) is 0 Å². The van der Waals surface area contributed by atoms with Crippen LogP contribution < -0.4 is 133 Å². The molecule has 14 atom stereocenters. The van der Waals surface area contributed by atoms with E-state index in [2.05, 4.69) is 13.6 Å². The van der Waals surface area contributed by atoms with Gasteiger partial charge >= 0.3 is 118 Å². The van der Waals surface area contributed by atoms with Gasteiger partial charge in [-0.2, -0.15) is 0 Å². The van der Waals surface area contributed by atoms with Crippen LogP contribution in [-0.4, -0.2) is 169 Å². The van der Waals surface area contributed by atoms with Crippen molar-refractivity contribution >= 4 is 39.0 Å². The Morgan fingerprint density at radius 3 is 1.96 bits per heavy atom. The molecule has 2 rings (SSSR count). The summed E-state index contributed by atoms with van der Waals surface area (Å²) in [7, 11) is -10.3. The van der Waals surface area contributed by atoms with Crippen LogP contribution in [0.4, 0.5) is 0 Å². The molecule has 2 aliphatic rings. The average Bonchev–Trinajstić information content (AvgIpc) is 2.99. The van der Waals surface area contributed by atoms with Crippen molar-refractivity contribution in [2.24, 2.45) is 0 Å². The van der Waals surface area contributed by atoms with E-state index in [4.69, 9.17) is 27.9 Å². The molecule has 0 saturated carbocycles. The number of hydrogen-bond acceptors (Lipinski definition) is 25. The van der Waals surface area contributed by atoms with Crippen LogP contribution in [0.15, 0.2) is 0 Å². The molecule has 0 amide bonds. The van der Waals surface area contributed by atoms with Crippen LogP contribution in [0.5, 0.6) is 0 Å². The molecule has 0 aromatic rings. The minimum absolute atomic E-state index is 0. The summed E-state index contributed by atoms with van der Waals surface area (Å²) in [5.41, 5.74) is 0. The molecule has 284 valence electrons. The Bertz CT molecular complexity index is 1230. The van der Waals surface area contributed by atoms with Crippen molar-refractivity contribution in [2.45, 2.75) is 99.1 Å². The Kier molecular flexibility index (Phi) is 31.5. The topological polar surface area (TPSA) is 394 Å². The largest absolute Gasteiger partial charge is 1.00 e.